The summed E-state index contributed by atoms with van der Waals surface area (Å²) < 4.78 is 0. The molecule has 18 heavy (non-hydrogen) atoms. The van der Waals surface area contributed by atoms with Crippen LogP contribution in [0.5, 0.6) is 0 Å². The van der Waals surface area contributed by atoms with E-state index in [-0.39, 0.29) is 0 Å². The molecule has 0 atom stereocenters. The van der Waals surface area contributed by atoms with Gasteiger partial charge in [0, 0.05) is 6.04 Å². The first-order chi connectivity index (χ1) is 8.85. The number of hydrogen-bond donors (Lipinski definition) is 1. The highest BCUT2D eigenvalue weighted by Gasteiger charge is 2.20. The summed E-state index contributed by atoms with van der Waals surface area (Å²) in [6.45, 7) is 0. The van der Waals surface area contributed by atoms with E-state index in [0.29, 0.717) is 11.7 Å². The SMILES string of the molecule is N#Cc1cnc(NC2Cc3ccccc3C2)cn1. The zero-order valence-corrected chi connectivity index (χ0v) is 9.80. The number of aromatic nitrogens is 2. The molecule has 0 saturated carbocycles. The summed E-state index contributed by atoms with van der Waals surface area (Å²) in [7, 11) is 0. The van der Waals surface area contributed by atoms with Crippen LogP contribution in [-0.4, -0.2) is 16.0 Å². The molecule has 1 aliphatic rings. The van der Waals surface area contributed by atoms with E-state index < -0.39 is 0 Å². The first-order valence-corrected chi connectivity index (χ1v) is 5.90. The minimum Gasteiger partial charge on any atom is -0.365 e. The van der Waals surface area contributed by atoms with E-state index in [1.165, 1.54) is 17.3 Å². The van der Waals surface area contributed by atoms with Crippen LogP contribution in [0.2, 0.25) is 0 Å². The molecule has 0 radical (unpaired) electrons. The van der Waals surface area contributed by atoms with Gasteiger partial charge in [0.25, 0.3) is 0 Å². The van der Waals surface area contributed by atoms with Crippen molar-refractivity contribution in [2.45, 2.75) is 18.9 Å². The first-order valence-electron chi connectivity index (χ1n) is 5.90. The fraction of sp³-hybridized carbons (Fsp3) is 0.214. The second-order valence-electron chi connectivity index (χ2n) is 4.42. The molecule has 0 unspecified atom stereocenters. The van der Waals surface area contributed by atoms with Gasteiger partial charge in [-0.15, -0.1) is 0 Å². The summed E-state index contributed by atoms with van der Waals surface area (Å²) in [5, 5.41) is 12.0. The molecule has 0 fully saturated rings. The summed E-state index contributed by atoms with van der Waals surface area (Å²) in [5.41, 5.74) is 3.14. The van der Waals surface area contributed by atoms with Gasteiger partial charge in [-0.05, 0) is 24.0 Å². The third-order valence-electron chi connectivity index (χ3n) is 3.17. The topological polar surface area (TPSA) is 61.6 Å². The van der Waals surface area contributed by atoms with E-state index in [0.717, 1.165) is 18.7 Å². The summed E-state index contributed by atoms with van der Waals surface area (Å²) >= 11 is 0. The largest absolute Gasteiger partial charge is 0.365 e. The third kappa shape index (κ3) is 2.03. The lowest BCUT2D eigenvalue weighted by atomic mass is 10.1. The van der Waals surface area contributed by atoms with E-state index in [1.54, 1.807) is 6.20 Å². The van der Waals surface area contributed by atoms with Crippen molar-refractivity contribution in [3.63, 3.8) is 0 Å². The fourth-order valence-electron chi connectivity index (χ4n) is 2.33. The third-order valence-corrected chi connectivity index (χ3v) is 3.17. The molecule has 1 N–H and O–H groups in total. The van der Waals surface area contributed by atoms with Crippen molar-refractivity contribution in [2.75, 3.05) is 5.32 Å². The van der Waals surface area contributed by atoms with Crippen LogP contribution in [0.4, 0.5) is 5.82 Å². The Bertz CT molecular complexity index is 573. The van der Waals surface area contributed by atoms with Crippen LogP contribution in [0, 0.1) is 11.3 Å². The number of hydrogen-bond acceptors (Lipinski definition) is 4. The summed E-state index contributed by atoms with van der Waals surface area (Å²) in [4.78, 5) is 8.18. The second-order valence-corrected chi connectivity index (χ2v) is 4.42. The lowest BCUT2D eigenvalue weighted by molar-refractivity contribution is 0.767. The van der Waals surface area contributed by atoms with Gasteiger partial charge in [0.1, 0.15) is 11.9 Å². The second kappa shape index (κ2) is 4.46. The van der Waals surface area contributed by atoms with Gasteiger partial charge in [-0.1, -0.05) is 24.3 Å². The van der Waals surface area contributed by atoms with E-state index in [9.17, 15) is 0 Å². The van der Waals surface area contributed by atoms with E-state index in [1.807, 2.05) is 6.07 Å². The standard InChI is InChI=1S/C14H12N4/c15-7-13-8-17-14(9-16-13)18-12-5-10-3-1-2-4-11(10)6-12/h1-4,8-9,12H,5-6H2,(H,17,18). The average molecular weight is 236 g/mol. The normalized spacial score (nSPS) is 13.9. The van der Waals surface area contributed by atoms with Crippen molar-refractivity contribution in [1.82, 2.24) is 9.97 Å². The van der Waals surface area contributed by atoms with Crippen LogP contribution in [-0.2, 0) is 12.8 Å². The molecule has 4 heteroatoms. The minimum absolute atomic E-state index is 0.343. The van der Waals surface area contributed by atoms with Crippen LogP contribution in [0.1, 0.15) is 16.8 Å². The minimum atomic E-state index is 0.343. The molecule has 1 aromatic heterocycles. The Morgan fingerprint density at radius 3 is 2.39 bits per heavy atom. The molecule has 88 valence electrons. The predicted octanol–water partition coefficient (Wildman–Crippen LogP) is 1.93. The lowest BCUT2D eigenvalue weighted by Gasteiger charge is -2.11. The van der Waals surface area contributed by atoms with Gasteiger partial charge in [-0.25, -0.2) is 9.97 Å². The maximum atomic E-state index is 8.66. The van der Waals surface area contributed by atoms with Gasteiger partial charge in [0.05, 0.1) is 12.4 Å². The molecule has 0 saturated heterocycles. The van der Waals surface area contributed by atoms with Crippen molar-refractivity contribution < 1.29 is 0 Å². The molecule has 1 aliphatic carbocycles. The van der Waals surface area contributed by atoms with Gasteiger partial charge in [0.2, 0.25) is 0 Å². The number of anilines is 1. The highest BCUT2D eigenvalue weighted by atomic mass is 15.0. The van der Waals surface area contributed by atoms with Gasteiger partial charge >= 0.3 is 0 Å². The van der Waals surface area contributed by atoms with Crippen LogP contribution in [0.25, 0.3) is 0 Å². The number of benzene rings is 1. The predicted molar refractivity (Wildman–Crippen MR) is 68.0 cm³/mol. The summed E-state index contributed by atoms with van der Waals surface area (Å²) in [5.74, 6) is 0.729. The molecular weight excluding hydrogens is 224 g/mol. The lowest BCUT2D eigenvalue weighted by Crippen LogP contribution is -2.20. The Hall–Kier alpha value is -2.41. The average Bonchev–Trinajstić information content (AvgIpc) is 2.82. The maximum absolute atomic E-state index is 8.66. The van der Waals surface area contributed by atoms with E-state index in [2.05, 4.69) is 39.6 Å². The van der Waals surface area contributed by atoms with Crippen molar-refractivity contribution in [3.8, 4) is 6.07 Å². The first kappa shape index (κ1) is 10.7. The van der Waals surface area contributed by atoms with Crippen molar-refractivity contribution in [1.29, 1.82) is 5.26 Å². The molecular formula is C14H12N4. The number of fused-ring (bicyclic) bond motifs is 1. The molecule has 1 aromatic carbocycles. The van der Waals surface area contributed by atoms with Crippen LogP contribution in [0.3, 0.4) is 0 Å². The molecule has 4 nitrogen and oxygen atoms in total. The van der Waals surface area contributed by atoms with Crippen LogP contribution < -0.4 is 5.32 Å². The molecule has 2 aromatic rings. The Labute approximate surface area is 105 Å². The quantitative estimate of drug-likeness (QED) is 0.865. The van der Waals surface area contributed by atoms with Gasteiger partial charge in [0.15, 0.2) is 5.69 Å². The Morgan fingerprint density at radius 2 is 1.83 bits per heavy atom. The number of nitriles is 1. The van der Waals surface area contributed by atoms with Gasteiger partial charge < -0.3 is 5.32 Å². The monoisotopic (exact) mass is 236 g/mol. The van der Waals surface area contributed by atoms with Gasteiger partial charge in [-0.2, -0.15) is 5.26 Å². The molecule has 0 aliphatic heterocycles. The number of rotatable bonds is 2. The fourth-order valence-corrected chi connectivity index (χ4v) is 2.33. The van der Waals surface area contributed by atoms with Crippen LogP contribution in [0.15, 0.2) is 36.7 Å². The molecule has 0 spiro atoms. The molecule has 1 heterocycles. The van der Waals surface area contributed by atoms with Crippen molar-refractivity contribution in [3.05, 3.63) is 53.5 Å². The smallest absolute Gasteiger partial charge is 0.158 e. The Kier molecular flexibility index (Phi) is 2.66. The zero-order chi connectivity index (χ0) is 12.4. The van der Waals surface area contributed by atoms with Crippen molar-refractivity contribution in [2.24, 2.45) is 0 Å². The number of nitrogens with one attached hydrogen (secondary N) is 1. The van der Waals surface area contributed by atoms with E-state index >= 15 is 0 Å². The number of nitrogens with zero attached hydrogens (tertiary/aromatic N) is 3. The Morgan fingerprint density at radius 1 is 1.11 bits per heavy atom. The highest BCUT2D eigenvalue weighted by Crippen LogP contribution is 2.23. The molecule has 0 amide bonds. The molecule has 0 bridgehead atoms. The van der Waals surface area contributed by atoms with Crippen LogP contribution >= 0.6 is 0 Å². The van der Waals surface area contributed by atoms with E-state index in [4.69, 9.17) is 5.26 Å². The summed E-state index contributed by atoms with van der Waals surface area (Å²) in [6, 6.07) is 10.8. The maximum Gasteiger partial charge on any atom is 0.158 e. The Balaban J connectivity index is 1.70. The zero-order valence-electron chi connectivity index (χ0n) is 9.80. The summed E-state index contributed by atoms with van der Waals surface area (Å²) in [6.07, 6.45) is 5.13. The highest BCUT2D eigenvalue weighted by molar-refractivity contribution is 5.40. The van der Waals surface area contributed by atoms with Crippen molar-refractivity contribution >= 4 is 5.82 Å². The van der Waals surface area contributed by atoms with Gasteiger partial charge in [-0.3, -0.25) is 0 Å². The molecule has 3 rings (SSSR count).